The topological polar surface area (TPSA) is 140 Å². The number of rotatable bonds is 15. The molecule has 0 saturated carbocycles. The minimum Gasteiger partial charge on any atom is -0.384 e. The van der Waals surface area contributed by atoms with Gasteiger partial charge in [0.2, 0.25) is 17.7 Å². The molecule has 3 aliphatic heterocycles. The van der Waals surface area contributed by atoms with Crippen molar-refractivity contribution in [3.8, 4) is 0 Å². The van der Waals surface area contributed by atoms with Crippen LogP contribution in [0.15, 0.2) is 42.5 Å². The van der Waals surface area contributed by atoms with Crippen molar-refractivity contribution in [1.29, 1.82) is 0 Å². The van der Waals surface area contributed by atoms with E-state index in [0.717, 1.165) is 55.1 Å². The molecule has 46 heavy (non-hydrogen) atoms. The summed E-state index contributed by atoms with van der Waals surface area (Å²) in [5.41, 5.74) is 2.02. The molecule has 2 saturated heterocycles. The number of amides is 5. The van der Waals surface area contributed by atoms with Crippen LogP contribution < -0.4 is 21.3 Å². The third-order valence-electron chi connectivity index (χ3n) is 8.71. The molecule has 0 bridgehead atoms. The average Bonchev–Trinajstić information content (AvgIpc) is 3.58. The first kappa shape index (κ1) is 33.6. The summed E-state index contributed by atoms with van der Waals surface area (Å²) in [6.07, 6.45) is 3.65. The minimum atomic E-state index is -0.998. The number of hydrogen-bond donors (Lipinski definition) is 4. The second-order valence-electron chi connectivity index (χ2n) is 11.8. The Morgan fingerprint density at radius 1 is 0.978 bits per heavy atom. The number of anilines is 1. The molecule has 0 aliphatic carbocycles. The normalized spacial score (nSPS) is 21.4. The van der Waals surface area contributed by atoms with E-state index in [-0.39, 0.29) is 47.5 Å². The van der Waals surface area contributed by atoms with E-state index in [2.05, 4.69) is 32.5 Å². The van der Waals surface area contributed by atoms with Crippen molar-refractivity contribution in [2.75, 3.05) is 43.9 Å². The Labute approximate surface area is 272 Å². The molecule has 0 spiro atoms. The lowest BCUT2D eigenvalue weighted by atomic mass is 9.88. The summed E-state index contributed by atoms with van der Waals surface area (Å²) >= 11 is 1.68. The molecule has 5 rings (SSSR count). The first-order valence-corrected chi connectivity index (χ1v) is 16.9. The highest BCUT2D eigenvalue weighted by Crippen LogP contribution is 2.36. The second-order valence-corrected chi connectivity index (χ2v) is 12.9. The lowest BCUT2D eigenvalue weighted by Crippen LogP contribution is -2.54. The number of piperidine rings is 1. The molecule has 0 radical (unpaired) electrons. The van der Waals surface area contributed by atoms with E-state index in [1.165, 1.54) is 12.1 Å². The third kappa shape index (κ3) is 7.76. The zero-order valence-corrected chi connectivity index (χ0v) is 26.8. The molecule has 11 nitrogen and oxygen atoms in total. The van der Waals surface area contributed by atoms with Gasteiger partial charge in [-0.1, -0.05) is 49.9 Å². The maximum Gasteiger partial charge on any atom is 0.264 e. The number of unbranched alkanes of at least 4 members (excludes halogenated alkanes) is 3. The van der Waals surface area contributed by atoms with Gasteiger partial charge in [-0.25, -0.2) is 8.70 Å². The van der Waals surface area contributed by atoms with E-state index in [4.69, 9.17) is 0 Å². The number of imide groups is 2. The molecular formula is C33H41FN6O5S. The standard InChI is InChI=1S/C33H41FN6O5S/c1-2-35-20-46-39-18-24(21-10-12-22(34)13-11-21)25(19-39)30(42)37-17-6-4-3-5-16-36-26-9-7-8-23-29(26)33(45)40(32(23)44)27-14-15-28(41)38-31(27)43/h7-13,24-25,27,35-36H,2-6,14-20H2,1H3,(H,37,42)(H,38,41,43). The Bertz CT molecular complexity index is 1460. The first-order chi connectivity index (χ1) is 22.3. The molecule has 3 atom stereocenters. The van der Waals surface area contributed by atoms with Crippen LogP contribution in [-0.4, -0.2) is 83.4 Å². The van der Waals surface area contributed by atoms with Crippen LogP contribution in [0, 0.1) is 11.7 Å². The SMILES string of the molecule is CCNCSN1CC(C(=O)NCCCCCCNc2cccc3c2C(=O)N(C2CCC(=O)NC2=O)C3=O)C(c2ccc(F)cc2)C1. The molecule has 3 heterocycles. The van der Waals surface area contributed by atoms with Gasteiger partial charge in [-0.2, -0.15) is 0 Å². The van der Waals surface area contributed by atoms with E-state index in [1.807, 2.05) is 0 Å². The van der Waals surface area contributed by atoms with E-state index in [9.17, 15) is 28.4 Å². The van der Waals surface area contributed by atoms with Gasteiger partial charge >= 0.3 is 0 Å². The largest absolute Gasteiger partial charge is 0.384 e. The van der Waals surface area contributed by atoms with Crippen molar-refractivity contribution in [2.45, 2.75) is 57.4 Å². The fraction of sp³-hybridized carbons (Fsp3) is 0.485. The van der Waals surface area contributed by atoms with Crippen molar-refractivity contribution in [1.82, 2.24) is 25.2 Å². The van der Waals surface area contributed by atoms with Crippen LogP contribution in [0.5, 0.6) is 0 Å². The summed E-state index contributed by atoms with van der Waals surface area (Å²) in [5, 5.41) is 11.9. The quantitative estimate of drug-likeness (QED) is 0.0989. The Morgan fingerprint density at radius 2 is 1.74 bits per heavy atom. The Balaban J connectivity index is 1.05. The van der Waals surface area contributed by atoms with Crippen molar-refractivity contribution >= 4 is 47.2 Å². The van der Waals surface area contributed by atoms with Crippen molar-refractivity contribution in [2.24, 2.45) is 5.92 Å². The fourth-order valence-corrected chi connectivity index (χ4v) is 7.27. The lowest BCUT2D eigenvalue weighted by molar-refractivity contribution is -0.136. The number of carbonyl (C=O) groups is 5. The Morgan fingerprint density at radius 3 is 2.48 bits per heavy atom. The number of fused-ring (bicyclic) bond motifs is 1. The van der Waals surface area contributed by atoms with Crippen LogP contribution in [0.3, 0.4) is 0 Å². The average molecular weight is 653 g/mol. The maximum atomic E-state index is 13.5. The highest BCUT2D eigenvalue weighted by Gasteiger charge is 2.45. The molecular weight excluding hydrogens is 611 g/mol. The van der Waals surface area contributed by atoms with E-state index >= 15 is 0 Å². The maximum absolute atomic E-state index is 13.5. The summed E-state index contributed by atoms with van der Waals surface area (Å²) in [7, 11) is 0. The molecule has 4 N–H and O–H groups in total. The number of benzene rings is 2. The number of nitrogens with one attached hydrogen (secondary N) is 4. The zero-order valence-electron chi connectivity index (χ0n) is 26.0. The highest BCUT2D eigenvalue weighted by molar-refractivity contribution is 7.96. The summed E-state index contributed by atoms with van der Waals surface area (Å²) in [6.45, 7) is 5.46. The van der Waals surface area contributed by atoms with Gasteiger partial charge in [-0.3, -0.25) is 34.2 Å². The second kappa shape index (κ2) is 15.7. The van der Waals surface area contributed by atoms with Gasteiger partial charge in [0.15, 0.2) is 0 Å². The van der Waals surface area contributed by atoms with Crippen LogP contribution in [0.1, 0.15) is 77.6 Å². The number of halogens is 1. The van der Waals surface area contributed by atoms with Gasteiger partial charge < -0.3 is 16.0 Å². The van der Waals surface area contributed by atoms with Crippen molar-refractivity contribution in [3.05, 3.63) is 65.0 Å². The predicted molar refractivity (Wildman–Crippen MR) is 173 cm³/mol. The molecule has 5 amide bonds. The monoisotopic (exact) mass is 652 g/mol. The first-order valence-electron chi connectivity index (χ1n) is 16.0. The van der Waals surface area contributed by atoms with Crippen LogP contribution in [0.4, 0.5) is 10.1 Å². The van der Waals surface area contributed by atoms with Gasteiger partial charge in [0.05, 0.1) is 22.9 Å². The lowest BCUT2D eigenvalue weighted by Gasteiger charge is -2.27. The number of nitrogens with zero attached hydrogens (tertiary/aromatic N) is 2. The molecule has 13 heteroatoms. The van der Waals surface area contributed by atoms with Gasteiger partial charge in [-0.15, -0.1) is 0 Å². The van der Waals surface area contributed by atoms with E-state index < -0.39 is 29.7 Å². The highest BCUT2D eigenvalue weighted by atomic mass is 32.2. The summed E-state index contributed by atoms with van der Waals surface area (Å²) in [5.74, 6) is -1.80. The summed E-state index contributed by atoms with van der Waals surface area (Å²) < 4.78 is 15.8. The smallest absolute Gasteiger partial charge is 0.264 e. The number of carbonyl (C=O) groups excluding carboxylic acids is 5. The molecule has 2 aromatic rings. The Hall–Kier alpha value is -3.81. The van der Waals surface area contributed by atoms with Gasteiger partial charge in [0, 0.05) is 44.2 Å². The number of hydrogen-bond acceptors (Lipinski definition) is 9. The molecule has 0 aromatic heterocycles. The third-order valence-corrected chi connectivity index (χ3v) is 9.70. The van der Waals surface area contributed by atoms with Crippen LogP contribution in [-0.2, 0) is 14.4 Å². The van der Waals surface area contributed by atoms with Crippen molar-refractivity contribution in [3.63, 3.8) is 0 Å². The van der Waals surface area contributed by atoms with Crippen LogP contribution in [0.2, 0.25) is 0 Å². The molecule has 3 aliphatic rings. The zero-order chi connectivity index (χ0) is 32.6. The molecule has 3 unspecified atom stereocenters. The molecule has 2 fully saturated rings. The van der Waals surface area contributed by atoms with Gasteiger partial charge in [0.1, 0.15) is 11.9 Å². The minimum absolute atomic E-state index is 0.00138. The van der Waals surface area contributed by atoms with Gasteiger partial charge in [0.25, 0.3) is 11.8 Å². The summed E-state index contributed by atoms with van der Waals surface area (Å²) in [4.78, 5) is 64.4. The van der Waals surface area contributed by atoms with E-state index in [0.29, 0.717) is 25.3 Å². The molecule has 246 valence electrons. The predicted octanol–water partition coefficient (Wildman–Crippen LogP) is 3.25. The van der Waals surface area contributed by atoms with Crippen LogP contribution in [0.25, 0.3) is 0 Å². The molecule has 2 aromatic carbocycles. The van der Waals surface area contributed by atoms with Crippen LogP contribution >= 0.6 is 11.9 Å². The van der Waals surface area contributed by atoms with Crippen molar-refractivity contribution < 1.29 is 28.4 Å². The van der Waals surface area contributed by atoms with Gasteiger partial charge in [-0.05, 0) is 55.6 Å². The summed E-state index contributed by atoms with van der Waals surface area (Å²) in [6, 6.07) is 10.5. The Kier molecular flexibility index (Phi) is 11.4. The fourth-order valence-electron chi connectivity index (χ4n) is 6.26. The van der Waals surface area contributed by atoms with E-state index in [1.54, 1.807) is 42.3 Å².